The van der Waals surface area contributed by atoms with Crippen LogP contribution in [0.5, 0.6) is 0 Å². The molecular weight excluding hydrogens is 212 g/mol. The van der Waals surface area contributed by atoms with Gasteiger partial charge in [0.1, 0.15) is 0 Å². The molecule has 0 unspecified atom stereocenters. The lowest BCUT2D eigenvalue weighted by Crippen LogP contribution is -2.28. The summed E-state index contributed by atoms with van der Waals surface area (Å²) in [5.41, 5.74) is 1.31. The fourth-order valence-electron chi connectivity index (χ4n) is 1.49. The van der Waals surface area contributed by atoms with Gasteiger partial charge in [0.25, 0.3) is 0 Å². The summed E-state index contributed by atoms with van der Waals surface area (Å²) in [4.78, 5) is 0. The van der Waals surface area contributed by atoms with Crippen molar-refractivity contribution in [2.24, 2.45) is 0 Å². The lowest BCUT2D eigenvalue weighted by molar-refractivity contribution is 0.136. The Morgan fingerprint density at radius 2 is 1.76 bits per heavy atom. The average molecular weight is 236 g/mol. The Morgan fingerprint density at radius 3 is 2.47 bits per heavy atom. The Morgan fingerprint density at radius 1 is 1.06 bits per heavy atom. The van der Waals surface area contributed by atoms with Gasteiger partial charge in [-0.15, -0.1) is 0 Å². The van der Waals surface area contributed by atoms with E-state index >= 15 is 0 Å². The van der Waals surface area contributed by atoms with Crippen LogP contribution in [0.15, 0.2) is 30.3 Å². The monoisotopic (exact) mass is 236 g/mol. The summed E-state index contributed by atoms with van der Waals surface area (Å²) in [6.07, 6.45) is 0. The van der Waals surface area contributed by atoms with Gasteiger partial charge in [0.2, 0.25) is 0 Å². The first-order valence-electron chi connectivity index (χ1n) is 6.35. The SMILES string of the molecule is CC(C)NCCOCCNCc1ccccc1. The average Bonchev–Trinajstić information content (AvgIpc) is 2.33. The Kier molecular flexibility index (Phi) is 7.63. The Hall–Kier alpha value is -0.900. The second-order valence-corrected chi connectivity index (χ2v) is 4.38. The second-order valence-electron chi connectivity index (χ2n) is 4.38. The van der Waals surface area contributed by atoms with E-state index in [1.54, 1.807) is 0 Å². The van der Waals surface area contributed by atoms with E-state index in [9.17, 15) is 0 Å². The van der Waals surface area contributed by atoms with Crippen LogP contribution < -0.4 is 10.6 Å². The lowest BCUT2D eigenvalue weighted by Gasteiger charge is -2.09. The molecule has 0 spiro atoms. The van der Waals surface area contributed by atoms with Crippen molar-refractivity contribution in [1.29, 1.82) is 0 Å². The second kappa shape index (κ2) is 9.16. The van der Waals surface area contributed by atoms with Gasteiger partial charge >= 0.3 is 0 Å². The topological polar surface area (TPSA) is 33.3 Å². The summed E-state index contributed by atoms with van der Waals surface area (Å²) in [6, 6.07) is 10.9. The molecule has 0 aliphatic rings. The molecule has 96 valence electrons. The van der Waals surface area contributed by atoms with Gasteiger partial charge in [0.15, 0.2) is 0 Å². The van der Waals surface area contributed by atoms with Gasteiger partial charge < -0.3 is 15.4 Å². The van der Waals surface area contributed by atoms with Crippen LogP contribution in [0.4, 0.5) is 0 Å². The zero-order chi connectivity index (χ0) is 12.3. The number of ether oxygens (including phenoxy) is 1. The molecule has 3 nitrogen and oxygen atoms in total. The number of hydrogen-bond acceptors (Lipinski definition) is 3. The highest BCUT2D eigenvalue weighted by molar-refractivity contribution is 5.14. The predicted octanol–water partition coefficient (Wildman–Crippen LogP) is 1.79. The third kappa shape index (κ3) is 7.91. The predicted molar refractivity (Wildman–Crippen MR) is 72.1 cm³/mol. The summed E-state index contributed by atoms with van der Waals surface area (Å²) in [5, 5.41) is 6.67. The largest absolute Gasteiger partial charge is 0.379 e. The van der Waals surface area contributed by atoms with Crippen molar-refractivity contribution in [3.8, 4) is 0 Å². The molecule has 0 heterocycles. The smallest absolute Gasteiger partial charge is 0.0591 e. The van der Waals surface area contributed by atoms with E-state index in [-0.39, 0.29) is 0 Å². The highest BCUT2D eigenvalue weighted by atomic mass is 16.5. The lowest BCUT2D eigenvalue weighted by atomic mass is 10.2. The summed E-state index contributed by atoms with van der Waals surface area (Å²) >= 11 is 0. The molecule has 0 aliphatic heterocycles. The van der Waals surface area contributed by atoms with E-state index in [1.165, 1.54) is 5.56 Å². The van der Waals surface area contributed by atoms with Crippen LogP contribution in [0.25, 0.3) is 0 Å². The standard InChI is InChI=1S/C14H24N2O/c1-13(2)16-9-11-17-10-8-15-12-14-6-4-3-5-7-14/h3-7,13,15-16H,8-12H2,1-2H3. The normalized spacial score (nSPS) is 11.0. The molecule has 0 amide bonds. The van der Waals surface area contributed by atoms with Crippen LogP contribution in [0.1, 0.15) is 19.4 Å². The van der Waals surface area contributed by atoms with Gasteiger partial charge in [-0.25, -0.2) is 0 Å². The highest BCUT2D eigenvalue weighted by Gasteiger charge is 1.93. The minimum Gasteiger partial charge on any atom is -0.379 e. The third-order valence-electron chi connectivity index (χ3n) is 2.39. The van der Waals surface area contributed by atoms with Gasteiger partial charge in [-0.2, -0.15) is 0 Å². The van der Waals surface area contributed by atoms with Crippen molar-refractivity contribution in [3.63, 3.8) is 0 Å². The Bertz CT molecular complexity index is 275. The number of rotatable bonds is 9. The zero-order valence-corrected chi connectivity index (χ0v) is 10.9. The van der Waals surface area contributed by atoms with E-state index in [2.05, 4.69) is 48.7 Å². The first-order chi connectivity index (χ1) is 8.29. The summed E-state index contributed by atoms with van der Waals surface area (Å²) in [5.74, 6) is 0. The van der Waals surface area contributed by atoms with Gasteiger partial charge in [-0.05, 0) is 5.56 Å². The van der Waals surface area contributed by atoms with E-state index in [4.69, 9.17) is 4.74 Å². The minimum atomic E-state index is 0.537. The molecule has 0 bridgehead atoms. The Labute approximate surface area is 105 Å². The molecule has 2 N–H and O–H groups in total. The zero-order valence-electron chi connectivity index (χ0n) is 10.9. The molecular formula is C14H24N2O. The van der Waals surface area contributed by atoms with Gasteiger partial charge in [0, 0.05) is 25.7 Å². The van der Waals surface area contributed by atoms with Gasteiger partial charge in [0.05, 0.1) is 13.2 Å². The number of benzene rings is 1. The molecule has 0 saturated carbocycles. The van der Waals surface area contributed by atoms with Crippen molar-refractivity contribution >= 4 is 0 Å². The maximum Gasteiger partial charge on any atom is 0.0591 e. The molecule has 1 aromatic carbocycles. The maximum absolute atomic E-state index is 5.50. The quantitative estimate of drug-likeness (QED) is 0.641. The van der Waals surface area contributed by atoms with Crippen LogP contribution >= 0.6 is 0 Å². The van der Waals surface area contributed by atoms with Gasteiger partial charge in [-0.1, -0.05) is 44.2 Å². The molecule has 1 rings (SSSR count). The van der Waals surface area contributed by atoms with Crippen LogP contribution in [0.3, 0.4) is 0 Å². The first-order valence-corrected chi connectivity index (χ1v) is 6.35. The molecule has 0 aliphatic carbocycles. The van der Waals surface area contributed by atoms with Crippen LogP contribution in [0.2, 0.25) is 0 Å². The van der Waals surface area contributed by atoms with E-state index in [1.807, 2.05) is 6.07 Å². The van der Waals surface area contributed by atoms with Crippen molar-refractivity contribution in [2.45, 2.75) is 26.4 Å². The number of nitrogens with one attached hydrogen (secondary N) is 2. The summed E-state index contributed by atoms with van der Waals surface area (Å²) < 4.78 is 5.50. The van der Waals surface area contributed by atoms with Crippen LogP contribution in [0, 0.1) is 0 Å². The molecule has 0 atom stereocenters. The first kappa shape index (κ1) is 14.2. The van der Waals surface area contributed by atoms with Crippen molar-refractivity contribution in [2.75, 3.05) is 26.3 Å². The fourth-order valence-corrected chi connectivity index (χ4v) is 1.49. The van der Waals surface area contributed by atoms with Crippen molar-refractivity contribution < 1.29 is 4.74 Å². The van der Waals surface area contributed by atoms with Crippen molar-refractivity contribution in [3.05, 3.63) is 35.9 Å². The highest BCUT2D eigenvalue weighted by Crippen LogP contribution is 1.96. The van der Waals surface area contributed by atoms with Gasteiger partial charge in [-0.3, -0.25) is 0 Å². The van der Waals surface area contributed by atoms with E-state index in [0.717, 1.165) is 32.8 Å². The van der Waals surface area contributed by atoms with E-state index < -0.39 is 0 Å². The molecule has 17 heavy (non-hydrogen) atoms. The minimum absolute atomic E-state index is 0.537. The van der Waals surface area contributed by atoms with E-state index in [0.29, 0.717) is 6.04 Å². The van der Waals surface area contributed by atoms with Crippen LogP contribution in [-0.2, 0) is 11.3 Å². The summed E-state index contributed by atoms with van der Waals surface area (Å²) in [7, 11) is 0. The summed E-state index contributed by atoms with van der Waals surface area (Å²) in [6.45, 7) is 8.57. The molecule has 0 saturated heterocycles. The molecule has 0 radical (unpaired) electrons. The van der Waals surface area contributed by atoms with Crippen molar-refractivity contribution in [1.82, 2.24) is 10.6 Å². The Balaban J connectivity index is 1.88. The molecule has 0 fully saturated rings. The fraction of sp³-hybridized carbons (Fsp3) is 0.571. The number of hydrogen-bond donors (Lipinski definition) is 2. The third-order valence-corrected chi connectivity index (χ3v) is 2.39. The molecule has 1 aromatic rings. The van der Waals surface area contributed by atoms with Crippen LogP contribution in [-0.4, -0.2) is 32.3 Å². The molecule has 3 heteroatoms. The molecule has 0 aromatic heterocycles. The maximum atomic E-state index is 5.50.